The third-order valence-electron chi connectivity index (χ3n) is 3.05. The highest BCUT2D eigenvalue weighted by Crippen LogP contribution is 2.31. The van der Waals surface area contributed by atoms with E-state index in [-0.39, 0.29) is 11.5 Å². The molecule has 6 nitrogen and oxygen atoms in total. The topological polar surface area (TPSA) is 84.4 Å². The van der Waals surface area contributed by atoms with Crippen molar-refractivity contribution in [1.29, 1.82) is 0 Å². The number of hydrogen-bond donors (Lipinski definition) is 2. The van der Waals surface area contributed by atoms with Gasteiger partial charge < -0.3 is 10.3 Å². The van der Waals surface area contributed by atoms with Gasteiger partial charge in [-0.15, -0.1) is 0 Å². The lowest BCUT2D eigenvalue weighted by atomic mass is 10.2. The summed E-state index contributed by atoms with van der Waals surface area (Å²) in [7, 11) is 0. The van der Waals surface area contributed by atoms with Gasteiger partial charge in [0.1, 0.15) is 5.82 Å². The number of anilines is 3. The summed E-state index contributed by atoms with van der Waals surface area (Å²) in [5.41, 5.74) is 4.11. The Balaban J connectivity index is 2.48. The Kier molecular flexibility index (Phi) is 4.34. The number of hydrogen-bond acceptors (Lipinski definition) is 5. The molecule has 21 heavy (non-hydrogen) atoms. The monoisotopic (exact) mass is 290 g/mol. The minimum absolute atomic E-state index is 0.0685. The quantitative estimate of drug-likeness (QED) is 0.502. The van der Waals surface area contributed by atoms with Gasteiger partial charge in [0.25, 0.3) is 5.69 Å². The molecule has 7 heteroatoms. The SMILES string of the molecule is CCN(c1ccc(F)cc1)c1cc(NN)cc([N+](=O)[O-])c1. The van der Waals surface area contributed by atoms with Gasteiger partial charge in [-0.25, -0.2) is 4.39 Å². The van der Waals surface area contributed by atoms with E-state index in [0.717, 1.165) is 5.69 Å². The largest absolute Gasteiger partial charge is 0.342 e. The average molecular weight is 290 g/mol. The number of nitro benzene ring substituents is 1. The number of nitrogens with two attached hydrogens (primary N) is 1. The summed E-state index contributed by atoms with van der Waals surface area (Å²) in [6.45, 7) is 2.47. The van der Waals surface area contributed by atoms with Gasteiger partial charge in [0, 0.05) is 24.4 Å². The number of nitrogen functional groups attached to an aromatic ring is 1. The van der Waals surface area contributed by atoms with Crippen molar-refractivity contribution in [2.75, 3.05) is 16.9 Å². The molecule has 2 rings (SSSR count). The molecule has 0 aromatic heterocycles. The summed E-state index contributed by atoms with van der Waals surface area (Å²) in [4.78, 5) is 12.3. The number of halogens is 1. The summed E-state index contributed by atoms with van der Waals surface area (Å²) in [6, 6.07) is 10.4. The van der Waals surface area contributed by atoms with Crippen LogP contribution in [0, 0.1) is 15.9 Å². The molecule has 110 valence electrons. The lowest BCUT2D eigenvalue weighted by Crippen LogP contribution is -2.17. The van der Waals surface area contributed by atoms with Crippen molar-refractivity contribution in [2.24, 2.45) is 5.84 Å². The van der Waals surface area contributed by atoms with Crippen LogP contribution in [0.4, 0.5) is 27.1 Å². The minimum Gasteiger partial charge on any atom is -0.342 e. The first kappa shape index (κ1) is 14.7. The zero-order valence-electron chi connectivity index (χ0n) is 11.4. The van der Waals surface area contributed by atoms with Crippen LogP contribution in [-0.4, -0.2) is 11.5 Å². The van der Waals surface area contributed by atoms with Gasteiger partial charge in [-0.05, 0) is 37.3 Å². The molecule has 0 unspecified atom stereocenters. The van der Waals surface area contributed by atoms with Crippen molar-refractivity contribution in [1.82, 2.24) is 0 Å². The zero-order valence-corrected chi connectivity index (χ0v) is 11.4. The van der Waals surface area contributed by atoms with E-state index in [4.69, 9.17) is 5.84 Å². The van der Waals surface area contributed by atoms with Crippen LogP contribution >= 0.6 is 0 Å². The van der Waals surface area contributed by atoms with Gasteiger partial charge in [0.2, 0.25) is 0 Å². The Bertz CT molecular complexity index is 646. The fraction of sp³-hybridized carbons (Fsp3) is 0.143. The predicted molar refractivity (Wildman–Crippen MR) is 80.0 cm³/mol. The van der Waals surface area contributed by atoms with Crippen LogP contribution in [0.25, 0.3) is 0 Å². The zero-order chi connectivity index (χ0) is 15.4. The number of nitrogens with one attached hydrogen (secondary N) is 1. The lowest BCUT2D eigenvalue weighted by molar-refractivity contribution is -0.384. The van der Waals surface area contributed by atoms with E-state index >= 15 is 0 Å². The molecule has 3 N–H and O–H groups in total. The van der Waals surface area contributed by atoms with Gasteiger partial charge in [-0.2, -0.15) is 0 Å². The summed E-state index contributed by atoms with van der Waals surface area (Å²) < 4.78 is 13.0. The Morgan fingerprint density at radius 2 is 1.90 bits per heavy atom. The van der Waals surface area contributed by atoms with Gasteiger partial charge in [0.05, 0.1) is 16.3 Å². The van der Waals surface area contributed by atoms with Crippen molar-refractivity contribution < 1.29 is 9.31 Å². The van der Waals surface area contributed by atoms with Gasteiger partial charge in [0.15, 0.2) is 0 Å². The molecular formula is C14H15FN4O2. The molecule has 0 heterocycles. The van der Waals surface area contributed by atoms with E-state index in [1.54, 1.807) is 18.2 Å². The molecular weight excluding hydrogens is 275 g/mol. The van der Waals surface area contributed by atoms with Crippen LogP contribution in [0.5, 0.6) is 0 Å². The normalized spacial score (nSPS) is 10.2. The predicted octanol–water partition coefficient (Wildman–Crippen LogP) is 3.18. The third-order valence-corrected chi connectivity index (χ3v) is 3.05. The number of hydrazine groups is 1. The molecule has 0 bridgehead atoms. The van der Waals surface area contributed by atoms with Crippen LogP contribution in [0.3, 0.4) is 0 Å². The van der Waals surface area contributed by atoms with Crippen molar-refractivity contribution >= 4 is 22.7 Å². The first-order chi connectivity index (χ1) is 10.0. The molecule has 0 aliphatic heterocycles. The van der Waals surface area contributed by atoms with E-state index in [0.29, 0.717) is 17.9 Å². The Labute approximate surface area is 121 Å². The summed E-state index contributed by atoms with van der Waals surface area (Å²) >= 11 is 0. The molecule has 0 saturated heterocycles. The van der Waals surface area contributed by atoms with Crippen molar-refractivity contribution in [3.8, 4) is 0 Å². The smallest absolute Gasteiger partial charge is 0.273 e. The van der Waals surface area contributed by atoms with Crippen LogP contribution in [0.2, 0.25) is 0 Å². The summed E-state index contributed by atoms with van der Waals surface area (Å²) in [6.07, 6.45) is 0. The molecule has 0 amide bonds. The van der Waals surface area contributed by atoms with Crippen LogP contribution in [0.15, 0.2) is 42.5 Å². The summed E-state index contributed by atoms with van der Waals surface area (Å²) in [5.74, 6) is 5.01. The summed E-state index contributed by atoms with van der Waals surface area (Å²) in [5, 5.41) is 11.0. The Hall–Kier alpha value is -2.67. The number of nitrogens with zero attached hydrogens (tertiary/aromatic N) is 2. The van der Waals surface area contributed by atoms with Crippen LogP contribution in [0.1, 0.15) is 6.92 Å². The van der Waals surface area contributed by atoms with E-state index in [2.05, 4.69) is 5.43 Å². The number of benzene rings is 2. The van der Waals surface area contributed by atoms with Gasteiger partial charge >= 0.3 is 0 Å². The van der Waals surface area contributed by atoms with E-state index < -0.39 is 4.92 Å². The van der Waals surface area contributed by atoms with Crippen molar-refractivity contribution in [3.63, 3.8) is 0 Å². The molecule has 0 spiro atoms. The second-order valence-corrected chi connectivity index (χ2v) is 4.36. The maximum absolute atomic E-state index is 13.0. The molecule has 0 fully saturated rings. The standard InChI is InChI=1S/C14H15FN4O2/c1-2-18(12-5-3-10(15)4-6-12)13-7-11(17-16)8-14(9-13)19(20)21/h3-9,17H,2,16H2,1H3. The lowest BCUT2D eigenvalue weighted by Gasteiger charge is -2.23. The fourth-order valence-electron chi connectivity index (χ4n) is 2.07. The van der Waals surface area contributed by atoms with Gasteiger partial charge in [-0.3, -0.25) is 16.0 Å². The maximum atomic E-state index is 13.0. The molecule has 2 aromatic carbocycles. The highest BCUT2D eigenvalue weighted by Gasteiger charge is 2.14. The molecule has 0 atom stereocenters. The first-order valence-corrected chi connectivity index (χ1v) is 6.34. The number of nitro groups is 1. The average Bonchev–Trinajstić information content (AvgIpc) is 2.49. The van der Waals surface area contributed by atoms with Gasteiger partial charge in [-0.1, -0.05) is 0 Å². The first-order valence-electron chi connectivity index (χ1n) is 6.34. The highest BCUT2D eigenvalue weighted by atomic mass is 19.1. The molecule has 0 radical (unpaired) electrons. The maximum Gasteiger partial charge on any atom is 0.273 e. The van der Waals surface area contributed by atoms with Crippen molar-refractivity contribution in [2.45, 2.75) is 6.92 Å². The molecule has 2 aromatic rings. The highest BCUT2D eigenvalue weighted by molar-refractivity contribution is 5.70. The molecule has 0 saturated carbocycles. The van der Waals surface area contributed by atoms with E-state index in [1.807, 2.05) is 11.8 Å². The van der Waals surface area contributed by atoms with E-state index in [1.165, 1.54) is 24.3 Å². The third kappa shape index (κ3) is 3.26. The van der Waals surface area contributed by atoms with Crippen LogP contribution < -0.4 is 16.2 Å². The Morgan fingerprint density at radius 1 is 1.24 bits per heavy atom. The number of non-ortho nitro benzene ring substituents is 1. The molecule has 0 aliphatic carbocycles. The molecule has 0 aliphatic rings. The van der Waals surface area contributed by atoms with Crippen molar-refractivity contribution in [3.05, 3.63) is 58.4 Å². The van der Waals surface area contributed by atoms with E-state index in [9.17, 15) is 14.5 Å². The second-order valence-electron chi connectivity index (χ2n) is 4.36. The van der Waals surface area contributed by atoms with Crippen LogP contribution in [-0.2, 0) is 0 Å². The second kappa shape index (κ2) is 6.19. The minimum atomic E-state index is -0.483. The number of rotatable bonds is 5. The fourth-order valence-corrected chi connectivity index (χ4v) is 2.07. The Morgan fingerprint density at radius 3 is 2.43 bits per heavy atom.